The summed E-state index contributed by atoms with van der Waals surface area (Å²) in [5.74, 6) is 1.54. The van der Waals surface area contributed by atoms with Crippen molar-refractivity contribution in [3.05, 3.63) is 53.9 Å². The molecule has 9 nitrogen and oxygen atoms in total. The number of hydrogen-bond acceptors (Lipinski definition) is 6. The number of rotatable bonds is 8. The van der Waals surface area contributed by atoms with Crippen LogP contribution in [0.3, 0.4) is 0 Å². The maximum Gasteiger partial charge on any atom is 0.251 e. The summed E-state index contributed by atoms with van der Waals surface area (Å²) in [5.41, 5.74) is 1.80. The molecule has 0 spiro atoms. The van der Waals surface area contributed by atoms with Crippen LogP contribution in [0.25, 0.3) is 0 Å². The highest BCUT2D eigenvalue weighted by Crippen LogP contribution is 2.09. The van der Waals surface area contributed by atoms with Crippen molar-refractivity contribution in [1.29, 1.82) is 0 Å². The van der Waals surface area contributed by atoms with Crippen molar-refractivity contribution in [2.24, 2.45) is 4.99 Å². The lowest BCUT2D eigenvalue weighted by molar-refractivity contribution is 0.0963. The van der Waals surface area contributed by atoms with Crippen molar-refractivity contribution in [3.63, 3.8) is 0 Å². The molecule has 0 saturated carbocycles. The third-order valence-electron chi connectivity index (χ3n) is 5.27. The van der Waals surface area contributed by atoms with E-state index in [2.05, 4.69) is 40.7 Å². The molecule has 1 fully saturated rings. The van der Waals surface area contributed by atoms with Crippen molar-refractivity contribution in [2.75, 3.05) is 64.8 Å². The summed E-state index contributed by atoms with van der Waals surface area (Å²) in [4.78, 5) is 29.4. The quantitative estimate of drug-likeness (QED) is 0.255. The maximum atomic E-state index is 11.8. The van der Waals surface area contributed by atoms with Gasteiger partial charge in [-0.1, -0.05) is 12.1 Å². The molecule has 3 N–H and O–H groups in total. The van der Waals surface area contributed by atoms with E-state index in [0.29, 0.717) is 5.56 Å². The lowest BCUT2D eigenvalue weighted by atomic mass is 10.1. The van der Waals surface area contributed by atoms with Crippen molar-refractivity contribution in [3.8, 4) is 0 Å². The van der Waals surface area contributed by atoms with Crippen LogP contribution in [0.15, 0.2) is 47.7 Å². The Morgan fingerprint density at radius 3 is 2.47 bits per heavy atom. The molecule has 1 aliphatic heterocycles. The minimum atomic E-state index is -0.0654. The second-order valence-corrected chi connectivity index (χ2v) is 7.33. The van der Waals surface area contributed by atoms with E-state index >= 15 is 0 Å². The number of aromatic nitrogens is 2. The summed E-state index contributed by atoms with van der Waals surface area (Å²) >= 11 is 0. The molecule has 0 atom stereocenters. The van der Waals surface area contributed by atoms with Crippen molar-refractivity contribution in [2.45, 2.75) is 6.42 Å². The van der Waals surface area contributed by atoms with Crippen molar-refractivity contribution >= 4 is 41.8 Å². The molecule has 0 bridgehead atoms. The summed E-state index contributed by atoms with van der Waals surface area (Å²) < 4.78 is 0. The van der Waals surface area contributed by atoms with Crippen LogP contribution in [-0.4, -0.2) is 86.6 Å². The summed E-state index contributed by atoms with van der Waals surface area (Å²) in [7, 11) is 3.42. The molecule has 1 aromatic heterocycles. The van der Waals surface area contributed by atoms with Gasteiger partial charge >= 0.3 is 0 Å². The number of nitrogens with zero attached hydrogens (tertiary/aromatic N) is 5. The molecule has 32 heavy (non-hydrogen) atoms. The molecular formula is C22H33IN8O. The van der Waals surface area contributed by atoms with Crippen molar-refractivity contribution < 1.29 is 4.79 Å². The SMILES string of the molecule is CN=C(NCCc1cccc(C(=O)NC)c1)NCCN1CCN(c2ncccn2)CC1.I. The predicted molar refractivity (Wildman–Crippen MR) is 139 cm³/mol. The van der Waals surface area contributed by atoms with Gasteiger partial charge in [0.15, 0.2) is 5.96 Å². The minimum absolute atomic E-state index is 0. The minimum Gasteiger partial charge on any atom is -0.356 e. The summed E-state index contributed by atoms with van der Waals surface area (Å²) in [6.45, 7) is 6.39. The molecule has 0 aliphatic carbocycles. The number of hydrogen-bond donors (Lipinski definition) is 3. The molecule has 0 radical (unpaired) electrons. The Balaban J connectivity index is 0.00000363. The van der Waals surface area contributed by atoms with Crippen LogP contribution < -0.4 is 20.9 Å². The molecular weight excluding hydrogens is 519 g/mol. The van der Waals surface area contributed by atoms with Gasteiger partial charge in [-0.25, -0.2) is 9.97 Å². The average Bonchev–Trinajstić information content (AvgIpc) is 2.83. The Morgan fingerprint density at radius 2 is 1.78 bits per heavy atom. The normalized spacial score (nSPS) is 14.4. The van der Waals surface area contributed by atoms with Gasteiger partial charge in [0.25, 0.3) is 5.91 Å². The van der Waals surface area contributed by atoms with Gasteiger partial charge in [-0.2, -0.15) is 0 Å². The van der Waals surface area contributed by atoms with Crippen molar-refractivity contribution in [1.82, 2.24) is 30.8 Å². The molecule has 2 aromatic rings. The van der Waals surface area contributed by atoms with Gasteiger partial charge in [0.1, 0.15) is 0 Å². The fourth-order valence-electron chi connectivity index (χ4n) is 3.52. The van der Waals surface area contributed by atoms with Crippen LogP contribution >= 0.6 is 24.0 Å². The van der Waals surface area contributed by atoms with Gasteiger partial charge in [0, 0.05) is 77.9 Å². The van der Waals surface area contributed by atoms with E-state index in [1.54, 1.807) is 26.5 Å². The molecule has 1 aromatic carbocycles. The summed E-state index contributed by atoms with van der Waals surface area (Å²) in [6, 6.07) is 9.54. The third-order valence-corrected chi connectivity index (χ3v) is 5.27. The number of halogens is 1. The third kappa shape index (κ3) is 7.90. The van der Waals surface area contributed by atoms with E-state index < -0.39 is 0 Å². The smallest absolute Gasteiger partial charge is 0.251 e. The zero-order valence-corrected chi connectivity index (χ0v) is 21.1. The Kier molecular flexibility index (Phi) is 11.2. The van der Waals surface area contributed by atoms with Gasteiger partial charge in [-0.15, -0.1) is 24.0 Å². The first kappa shape index (κ1) is 25.8. The zero-order valence-electron chi connectivity index (χ0n) is 18.8. The number of carbonyl (C=O) groups is 1. The lowest BCUT2D eigenvalue weighted by Gasteiger charge is -2.34. The molecule has 1 aliphatic rings. The van der Waals surface area contributed by atoms with Crippen LogP contribution in [-0.2, 0) is 6.42 Å². The Morgan fingerprint density at radius 1 is 1.06 bits per heavy atom. The van der Waals surface area contributed by atoms with E-state index in [4.69, 9.17) is 0 Å². The molecule has 10 heteroatoms. The highest BCUT2D eigenvalue weighted by molar-refractivity contribution is 14.0. The van der Waals surface area contributed by atoms with Crippen LogP contribution in [0.1, 0.15) is 15.9 Å². The highest BCUT2D eigenvalue weighted by Gasteiger charge is 2.18. The monoisotopic (exact) mass is 552 g/mol. The topological polar surface area (TPSA) is 97.8 Å². The van der Waals surface area contributed by atoms with Gasteiger partial charge in [0.2, 0.25) is 5.95 Å². The number of carbonyl (C=O) groups excluding carboxylic acids is 1. The standard InChI is InChI=1S/C22H32N8O.HI/c1-23-20(31)19-6-3-5-18(17-19)7-10-25-21(24-2)26-11-12-29-13-15-30(16-14-29)22-27-8-4-9-28-22;/h3-6,8-9,17H,7,10-16H2,1-2H3,(H,23,31)(H2,24,25,26);1H. The number of piperazine rings is 1. The first-order chi connectivity index (χ1) is 15.2. The molecule has 174 valence electrons. The zero-order chi connectivity index (χ0) is 21.9. The predicted octanol–water partition coefficient (Wildman–Crippen LogP) is 0.984. The molecule has 1 saturated heterocycles. The second kappa shape index (κ2) is 13.8. The number of benzene rings is 1. The van der Waals surface area contributed by atoms with Crippen LogP contribution in [0.5, 0.6) is 0 Å². The fraction of sp³-hybridized carbons (Fsp3) is 0.455. The molecule has 3 rings (SSSR count). The van der Waals surface area contributed by atoms with Gasteiger partial charge in [-0.05, 0) is 30.2 Å². The number of anilines is 1. The van der Waals surface area contributed by atoms with Crippen LogP contribution in [0, 0.1) is 0 Å². The number of amides is 1. The fourth-order valence-corrected chi connectivity index (χ4v) is 3.52. The number of aliphatic imine (C=N–C) groups is 1. The lowest BCUT2D eigenvalue weighted by Crippen LogP contribution is -2.49. The van der Waals surface area contributed by atoms with E-state index in [1.165, 1.54) is 0 Å². The summed E-state index contributed by atoms with van der Waals surface area (Å²) in [5, 5.41) is 9.38. The van der Waals surface area contributed by atoms with E-state index in [-0.39, 0.29) is 29.9 Å². The molecule has 0 unspecified atom stereocenters. The second-order valence-electron chi connectivity index (χ2n) is 7.33. The van der Waals surface area contributed by atoms with Crippen LogP contribution in [0.4, 0.5) is 5.95 Å². The van der Waals surface area contributed by atoms with Gasteiger partial charge < -0.3 is 20.9 Å². The Labute approximate surface area is 207 Å². The van der Waals surface area contributed by atoms with E-state index in [9.17, 15) is 4.79 Å². The number of nitrogens with one attached hydrogen (secondary N) is 3. The van der Waals surface area contributed by atoms with E-state index in [1.807, 2.05) is 30.3 Å². The maximum absolute atomic E-state index is 11.8. The highest BCUT2D eigenvalue weighted by atomic mass is 127. The molecule has 1 amide bonds. The summed E-state index contributed by atoms with van der Waals surface area (Å²) in [6.07, 6.45) is 4.39. The first-order valence-electron chi connectivity index (χ1n) is 10.7. The van der Waals surface area contributed by atoms with Gasteiger partial charge in [-0.3, -0.25) is 14.7 Å². The Bertz CT molecular complexity index is 856. The molecule has 2 heterocycles. The average molecular weight is 552 g/mol. The number of guanidine groups is 1. The first-order valence-corrected chi connectivity index (χ1v) is 10.7. The van der Waals surface area contributed by atoms with E-state index in [0.717, 1.165) is 69.7 Å². The Hall–Kier alpha value is -2.47. The van der Waals surface area contributed by atoms with Gasteiger partial charge in [0.05, 0.1) is 0 Å². The largest absolute Gasteiger partial charge is 0.356 e. The van der Waals surface area contributed by atoms with Crippen LogP contribution in [0.2, 0.25) is 0 Å².